The van der Waals surface area contributed by atoms with E-state index in [1.165, 1.54) is 8.61 Å². The molecule has 0 saturated carbocycles. The number of benzene rings is 1. The predicted molar refractivity (Wildman–Crippen MR) is 119 cm³/mol. The highest BCUT2D eigenvalue weighted by Crippen LogP contribution is 2.24. The number of H-pyrrole nitrogens is 1. The zero-order valence-electron chi connectivity index (χ0n) is 17.7. The van der Waals surface area contributed by atoms with Gasteiger partial charge in [-0.1, -0.05) is 0 Å². The Labute approximate surface area is 190 Å². The average molecular weight is 516 g/mol. The molecule has 2 heterocycles. The molecule has 1 fully saturated rings. The number of piperazine rings is 1. The van der Waals surface area contributed by atoms with Crippen LogP contribution in [0, 0.1) is 0 Å². The molecule has 3 rings (SSSR count). The molecule has 1 saturated heterocycles. The minimum atomic E-state index is -3.38. The maximum atomic E-state index is 12.2. The zero-order chi connectivity index (χ0) is 22.6. The Hall–Kier alpha value is -2.15. The summed E-state index contributed by atoms with van der Waals surface area (Å²) in [4.78, 5) is 14.0. The van der Waals surface area contributed by atoms with E-state index >= 15 is 0 Å². The second kappa shape index (κ2) is 9.98. The monoisotopic (exact) mass is 515 g/mol. The molecule has 0 bridgehead atoms. The van der Waals surface area contributed by atoms with Gasteiger partial charge in [-0.05, 0) is 47.1 Å². The van der Waals surface area contributed by atoms with Gasteiger partial charge in [-0.15, -0.1) is 0 Å². The third kappa shape index (κ3) is 5.37. The van der Waals surface area contributed by atoms with E-state index in [4.69, 9.17) is 9.47 Å². The number of ether oxygens (including phenoxy) is 2. The van der Waals surface area contributed by atoms with Gasteiger partial charge in [-0.3, -0.25) is 5.10 Å². The zero-order valence-corrected chi connectivity index (χ0v) is 20.1. The van der Waals surface area contributed by atoms with Gasteiger partial charge in [-0.25, -0.2) is 4.79 Å². The smallest absolute Gasteiger partial charge is 0.360 e. The van der Waals surface area contributed by atoms with Crippen LogP contribution in [0.2, 0.25) is 0 Å². The van der Waals surface area contributed by atoms with Crippen molar-refractivity contribution in [2.75, 3.05) is 51.8 Å². The van der Waals surface area contributed by atoms with Gasteiger partial charge in [-0.2, -0.15) is 22.1 Å². The summed E-state index contributed by atoms with van der Waals surface area (Å²) in [5.74, 6) is 0.163. The molecule has 1 N–H and O–H groups in total. The predicted octanol–water partition coefficient (Wildman–Crippen LogP) is 1.86. The summed E-state index contributed by atoms with van der Waals surface area (Å²) < 4.78 is 38.5. The summed E-state index contributed by atoms with van der Waals surface area (Å²) >= 11 is 3.36. The molecule has 0 unspecified atom stereocenters. The third-order valence-electron chi connectivity index (χ3n) is 4.86. The van der Waals surface area contributed by atoms with Crippen LogP contribution in [0.15, 0.2) is 28.7 Å². The Morgan fingerprint density at radius 1 is 1.19 bits per heavy atom. The highest BCUT2D eigenvalue weighted by molar-refractivity contribution is 9.10. The van der Waals surface area contributed by atoms with Gasteiger partial charge in [0.1, 0.15) is 12.4 Å². The van der Waals surface area contributed by atoms with E-state index in [1.807, 2.05) is 24.3 Å². The maximum absolute atomic E-state index is 12.2. The lowest BCUT2D eigenvalue weighted by atomic mass is 10.2. The number of carbonyl (C=O) groups excluding carboxylic acids is 1. The van der Waals surface area contributed by atoms with Crippen LogP contribution in [-0.2, 0) is 21.6 Å². The highest BCUT2D eigenvalue weighted by Gasteiger charge is 2.28. The van der Waals surface area contributed by atoms with Crippen LogP contribution in [0.25, 0.3) is 0 Å². The first-order valence-electron chi connectivity index (χ1n) is 9.79. The molecule has 0 radical (unpaired) electrons. The molecule has 170 valence electrons. The largest absolute Gasteiger partial charge is 0.487 e. The number of hydrogen-bond acceptors (Lipinski definition) is 7. The molecule has 1 aromatic heterocycles. The second-order valence-corrected chi connectivity index (χ2v) is 9.98. The van der Waals surface area contributed by atoms with Gasteiger partial charge in [0, 0.05) is 46.0 Å². The number of hydrogen-bond donors (Lipinski definition) is 1. The van der Waals surface area contributed by atoms with Crippen LogP contribution in [0.3, 0.4) is 0 Å². The molecule has 1 aliphatic heterocycles. The molecule has 10 nitrogen and oxygen atoms in total. The van der Waals surface area contributed by atoms with Crippen LogP contribution < -0.4 is 9.64 Å². The number of nitrogens with one attached hydrogen (secondary N) is 1. The normalized spacial score (nSPS) is 15.3. The standard InChI is InChI=1S/C19H26BrN5O5S/c1-4-29-19(26)18-17(20)16(21-22-18)13-30-15-7-5-14(6-8-15)24-9-11-25(12-10-24)31(27,28)23(2)3/h5-8H,4,9-13H2,1-3H3,(H,21,22). The van der Waals surface area contributed by atoms with Crippen LogP contribution in [0.1, 0.15) is 23.1 Å². The quantitative estimate of drug-likeness (QED) is 0.534. The summed E-state index contributed by atoms with van der Waals surface area (Å²) in [5.41, 5.74) is 1.82. The van der Waals surface area contributed by atoms with Crippen LogP contribution in [0.5, 0.6) is 5.75 Å². The van der Waals surface area contributed by atoms with Gasteiger partial charge in [0.25, 0.3) is 10.2 Å². The van der Waals surface area contributed by atoms with E-state index in [2.05, 4.69) is 31.0 Å². The van der Waals surface area contributed by atoms with Crippen molar-refractivity contribution in [1.82, 2.24) is 18.8 Å². The molecule has 1 aliphatic rings. The van der Waals surface area contributed by atoms with E-state index in [0.29, 0.717) is 42.1 Å². The minimum Gasteiger partial charge on any atom is -0.487 e. The van der Waals surface area contributed by atoms with Crippen molar-refractivity contribution in [2.24, 2.45) is 0 Å². The highest BCUT2D eigenvalue weighted by atomic mass is 79.9. The minimum absolute atomic E-state index is 0.186. The van der Waals surface area contributed by atoms with Crippen molar-refractivity contribution >= 4 is 37.8 Å². The van der Waals surface area contributed by atoms with Crippen molar-refractivity contribution in [3.05, 3.63) is 40.1 Å². The first kappa shape index (κ1) is 23.5. The fourth-order valence-electron chi connectivity index (χ4n) is 3.11. The Kier molecular flexibility index (Phi) is 7.57. The number of carbonyl (C=O) groups is 1. The number of aromatic nitrogens is 2. The fraction of sp³-hybridized carbons (Fsp3) is 0.474. The molecule has 31 heavy (non-hydrogen) atoms. The van der Waals surface area contributed by atoms with Crippen LogP contribution in [-0.4, -0.2) is 80.1 Å². The molecule has 0 amide bonds. The molecular formula is C19H26BrN5O5S. The van der Waals surface area contributed by atoms with Gasteiger partial charge in [0.05, 0.1) is 16.8 Å². The number of rotatable bonds is 8. The van der Waals surface area contributed by atoms with E-state index < -0.39 is 16.2 Å². The average Bonchev–Trinajstić information content (AvgIpc) is 3.13. The van der Waals surface area contributed by atoms with Crippen LogP contribution >= 0.6 is 15.9 Å². The van der Waals surface area contributed by atoms with E-state index in [9.17, 15) is 13.2 Å². The molecular weight excluding hydrogens is 490 g/mol. The van der Waals surface area contributed by atoms with Crippen molar-refractivity contribution in [3.63, 3.8) is 0 Å². The summed E-state index contributed by atoms with van der Waals surface area (Å²) in [6.07, 6.45) is 0. The molecule has 0 aliphatic carbocycles. The first-order valence-corrected chi connectivity index (χ1v) is 12.0. The van der Waals surface area contributed by atoms with Crippen LogP contribution in [0.4, 0.5) is 5.69 Å². The lowest BCUT2D eigenvalue weighted by molar-refractivity contribution is 0.0518. The summed E-state index contributed by atoms with van der Waals surface area (Å²) in [6, 6.07) is 7.60. The van der Waals surface area contributed by atoms with Gasteiger partial charge in [0.15, 0.2) is 5.69 Å². The SMILES string of the molecule is CCOC(=O)c1n[nH]c(COc2ccc(N3CCN(S(=O)(=O)N(C)C)CC3)cc2)c1Br. The maximum Gasteiger partial charge on any atom is 0.360 e. The fourth-order valence-corrected chi connectivity index (χ4v) is 4.65. The number of aromatic amines is 1. The second-order valence-electron chi connectivity index (χ2n) is 7.04. The number of anilines is 1. The first-order chi connectivity index (χ1) is 14.7. The van der Waals surface area contributed by atoms with E-state index in [1.54, 1.807) is 21.0 Å². The topological polar surface area (TPSA) is 108 Å². The van der Waals surface area contributed by atoms with Crippen molar-refractivity contribution in [1.29, 1.82) is 0 Å². The molecule has 1 aromatic carbocycles. The number of esters is 1. The number of nitrogens with zero attached hydrogens (tertiary/aromatic N) is 4. The molecule has 0 spiro atoms. The Balaban J connectivity index is 1.55. The van der Waals surface area contributed by atoms with Gasteiger partial charge >= 0.3 is 5.97 Å². The summed E-state index contributed by atoms with van der Waals surface area (Å²) in [7, 11) is -0.294. The Bertz CT molecular complexity index is 1000. The third-order valence-corrected chi connectivity index (χ3v) is 7.65. The summed E-state index contributed by atoms with van der Waals surface area (Å²) in [6.45, 7) is 4.32. The van der Waals surface area contributed by atoms with E-state index in [0.717, 1.165) is 5.69 Å². The van der Waals surface area contributed by atoms with Crippen molar-refractivity contribution in [3.8, 4) is 5.75 Å². The Morgan fingerprint density at radius 3 is 2.42 bits per heavy atom. The lowest BCUT2D eigenvalue weighted by Crippen LogP contribution is -2.51. The summed E-state index contributed by atoms with van der Waals surface area (Å²) in [5, 5.41) is 6.76. The lowest BCUT2D eigenvalue weighted by Gasteiger charge is -2.36. The van der Waals surface area contributed by atoms with Gasteiger partial charge < -0.3 is 14.4 Å². The van der Waals surface area contributed by atoms with Gasteiger partial charge in [0.2, 0.25) is 0 Å². The van der Waals surface area contributed by atoms with Crippen molar-refractivity contribution in [2.45, 2.75) is 13.5 Å². The number of halogens is 1. The molecule has 12 heteroatoms. The molecule has 0 atom stereocenters. The molecule has 2 aromatic rings. The Morgan fingerprint density at radius 2 is 1.84 bits per heavy atom. The van der Waals surface area contributed by atoms with E-state index in [-0.39, 0.29) is 18.9 Å². The van der Waals surface area contributed by atoms with Crippen molar-refractivity contribution < 1.29 is 22.7 Å².